The van der Waals surface area contributed by atoms with Crippen molar-refractivity contribution >= 4 is 11.8 Å². The monoisotopic (exact) mass is 331 g/mol. The Hall–Kier alpha value is -2.48. The smallest absolute Gasteiger partial charge is 0.354 e. The van der Waals surface area contributed by atoms with Crippen LogP contribution in [0.25, 0.3) is 0 Å². The van der Waals surface area contributed by atoms with Crippen molar-refractivity contribution < 1.29 is 14.7 Å². The zero-order chi connectivity index (χ0) is 17.1. The summed E-state index contributed by atoms with van der Waals surface area (Å²) in [7, 11) is 0. The van der Waals surface area contributed by atoms with Gasteiger partial charge in [-0.25, -0.2) is 4.79 Å². The van der Waals surface area contributed by atoms with Gasteiger partial charge in [-0.05, 0) is 25.8 Å². The highest BCUT2D eigenvalue weighted by Gasteiger charge is 2.20. The van der Waals surface area contributed by atoms with E-state index in [0.29, 0.717) is 31.5 Å². The Morgan fingerprint density at radius 1 is 1.38 bits per heavy atom. The van der Waals surface area contributed by atoms with Gasteiger partial charge in [0.25, 0.3) is 0 Å². The molecule has 128 valence electrons. The largest absolute Gasteiger partial charge is 0.477 e. The number of hydrogen-bond acceptors (Lipinski definition) is 5. The van der Waals surface area contributed by atoms with E-state index in [2.05, 4.69) is 26.3 Å². The second-order valence-corrected chi connectivity index (χ2v) is 6.19. The molecule has 0 bridgehead atoms. The van der Waals surface area contributed by atoms with Crippen molar-refractivity contribution in [2.75, 3.05) is 6.54 Å². The maximum Gasteiger partial charge on any atom is 0.354 e. The predicted octanol–water partition coefficient (Wildman–Crippen LogP) is 1.23. The Bertz CT molecular complexity index is 749. The Balaban J connectivity index is 1.71. The molecule has 0 aromatic carbocycles. The summed E-state index contributed by atoms with van der Waals surface area (Å²) >= 11 is 0. The zero-order valence-corrected chi connectivity index (χ0v) is 13.7. The Morgan fingerprint density at radius 2 is 2.21 bits per heavy atom. The van der Waals surface area contributed by atoms with Gasteiger partial charge in [-0.1, -0.05) is 0 Å². The summed E-state index contributed by atoms with van der Waals surface area (Å²) in [5.74, 6) is -0.824. The van der Waals surface area contributed by atoms with Crippen LogP contribution in [-0.4, -0.2) is 48.3 Å². The molecule has 8 heteroatoms. The van der Waals surface area contributed by atoms with E-state index in [0.717, 1.165) is 30.9 Å². The number of ketones is 1. The van der Waals surface area contributed by atoms with Crippen LogP contribution in [0.2, 0.25) is 0 Å². The van der Waals surface area contributed by atoms with E-state index in [1.165, 1.54) is 0 Å². The van der Waals surface area contributed by atoms with Crippen molar-refractivity contribution in [3.8, 4) is 0 Å². The maximum absolute atomic E-state index is 11.2. The fourth-order valence-corrected chi connectivity index (χ4v) is 3.01. The van der Waals surface area contributed by atoms with Gasteiger partial charge in [0.1, 0.15) is 11.5 Å². The van der Waals surface area contributed by atoms with Crippen molar-refractivity contribution in [2.24, 2.45) is 0 Å². The number of carboxylic acid groups (broad SMARTS) is 1. The topological polar surface area (TPSA) is 104 Å². The third kappa shape index (κ3) is 3.70. The summed E-state index contributed by atoms with van der Waals surface area (Å²) in [6, 6.07) is 2.05. The first-order valence-electron chi connectivity index (χ1n) is 8.06. The molecule has 8 nitrogen and oxygen atoms in total. The lowest BCUT2D eigenvalue weighted by Crippen LogP contribution is -2.23. The number of hydrogen-bond donors (Lipinski definition) is 2. The van der Waals surface area contributed by atoms with Crippen LogP contribution in [0.1, 0.15) is 47.2 Å². The summed E-state index contributed by atoms with van der Waals surface area (Å²) in [6.45, 7) is 4.54. The SMILES string of the molecule is CC(=O)CCc1cc2n(n1)CCCN(Cc1cn[nH]c1C(=O)O)C2. The molecular weight excluding hydrogens is 310 g/mol. The van der Waals surface area contributed by atoms with Gasteiger partial charge in [-0.3, -0.25) is 14.7 Å². The number of nitrogens with zero attached hydrogens (tertiary/aromatic N) is 4. The first-order valence-corrected chi connectivity index (χ1v) is 8.06. The van der Waals surface area contributed by atoms with E-state index in [9.17, 15) is 14.7 Å². The van der Waals surface area contributed by atoms with Crippen LogP contribution in [0.15, 0.2) is 12.3 Å². The maximum atomic E-state index is 11.2. The number of carboxylic acids is 1. The molecule has 3 rings (SSSR count). The van der Waals surface area contributed by atoms with Crippen LogP contribution in [0.5, 0.6) is 0 Å². The van der Waals surface area contributed by atoms with Crippen LogP contribution in [0.3, 0.4) is 0 Å². The molecule has 1 aliphatic rings. The molecule has 2 N–H and O–H groups in total. The standard InChI is InChI=1S/C16H21N5O3/c1-11(22)3-4-13-7-14-10-20(5-2-6-21(14)19-13)9-12-8-17-18-15(12)16(23)24/h7-8H,2-6,9-10H2,1H3,(H,17,18)(H,23,24). The summed E-state index contributed by atoms with van der Waals surface area (Å²) in [4.78, 5) is 24.5. The summed E-state index contributed by atoms with van der Waals surface area (Å²) in [5, 5.41) is 20.1. The van der Waals surface area contributed by atoms with Crippen LogP contribution in [0.4, 0.5) is 0 Å². The lowest BCUT2D eigenvalue weighted by atomic mass is 10.2. The molecule has 2 aromatic rings. The predicted molar refractivity (Wildman–Crippen MR) is 85.5 cm³/mol. The number of aromatic amines is 1. The van der Waals surface area contributed by atoms with Gasteiger partial charge in [-0.2, -0.15) is 10.2 Å². The molecular formula is C16H21N5O3. The number of aromatic carboxylic acids is 1. The first-order chi connectivity index (χ1) is 11.5. The van der Waals surface area contributed by atoms with Gasteiger partial charge in [0.15, 0.2) is 0 Å². The van der Waals surface area contributed by atoms with Gasteiger partial charge in [-0.15, -0.1) is 0 Å². The third-order valence-corrected chi connectivity index (χ3v) is 4.20. The van der Waals surface area contributed by atoms with E-state index in [4.69, 9.17) is 0 Å². The number of nitrogens with one attached hydrogen (secondary N) is 1. The van der Waals surface area contributed by atoms with E-state index in [-0.39, 0.29) is 11.5 Å². The lowest BCUT2D eigenvalue weighted by molar-refractivity contribution is -0.117. The van der Waals surface area contributed by atoms with Crippen LogP contribution >= 0.6 is 0 Å². The normalized spacial score (nSPS) is 15.0. The van der Waals surface area contributed by atoms with Gasteiger partial charge < -0.3 is 9.90 Å². The van der Waals surface area contributed by atoms with Gasteiger partial charge >= 0.3 is 5.97 Å². The highest BCUT2D eigenvalue weighted by atomic mass is 16.4. The average Bonchev–Trinajstić information content (AvgIpc) is 3.08. The Kier molecular flexibility index (Phi) is 4.75. The lowest BCUT2D eigenvalue weighted by Gasteiger charge is -2.18. The number of rotatable bonds is 6. The average molecular weight is 331 g/mol. The van der Waals surface area contributed by atoms with Crippen molar-refractivity contribution in [1.82, 2.24) is 24.9 Å². The molecule has 0 saturated heterocycles. The summed E-state index contributed by atoms with van der Waals surface area (Å²) in [6.07, 6.45) is 3.70. The summed E-state index contributed by atoms with van der Waals surface area (Å²) < 4.78 is 2.00. The van der Waals surface area contributed by atoms with E-state index < -0.39 is 5.97 Å². The minimum Gasteiger partial charge on any atom is -0.477 e. The van der Waals surface area contributed by atoms with Gasteiger partial charge in [0.05, 0.1) is 17.6 Å². The molecule has 0 unspecified atom stereocenters. The molecule has 1 aliphatic heterocycles. The van der Waals surface area contributed by atoms with Gasteiger partial charge in [0, 0.05) is 38.2 Å². The quantitative estimate of drug-likeness (QED) is 0.825. The number of carbonyl (C=O) groups is 2. The highest BCUT2D eigenvalue weighted by Crippen LogP contribution is 2.18. The fraction of sp³-hybridized carbons (Fsp3) is 0.500. The molecule has 2 aromatic heterocycles. The second kappa shape index (κ2) is 6.96. The van der Waals surface area contributed by atoms with Crippen molar-refractivity contribution in [2.45, 2.75) is 45.8 Å². The minimum atomic E-state index is -0.992. The van der Waals surface area contributed by atoms with Crippen LogP contribution in [-0.2, 0) is 30.8 Å². The molecule has 0 spiro atoms. The number of Topliss-reactive ketones (excluding diaryl/α,β-unsaturated/α-hetero) is 1. The number of aryl methyl sites for hydroxylation is 2. The minimum absolute atomic E-state index is 0.148. The number of fused-ring (bicyclic) bond motifs is 1. The van der Waals surface area contributed by atoms with Crippen LogP contribution < -0.4 is 0 Å². The second-order valence-electron chi connectivity index (χ2n) is 6.19. The van der Waals surface area contributed by atoms with E-state index in [1.54, 1.807) is 13.1 Å². The Labute approximate surface area is 139 Å². The zero-order valence-electron chi connectivity index (χ0n) is 13.7. The van der Waals surface area contributed by atoms with E-state index >= 15 is 0 Å². The molecule has 0 aliphatic carbocycles. The summed E-state index contributed by atoms with van der Waals surface area (Å²) in [5.41, 5.74) is 2.88. The molecule has 0 radical (unpaired) electrons. The molecule has 0 fully saturated rings. The van der Waals surface area contributed by atoms with Gasteiger partial charge in [0.2, 0.25) is 0 Å². The number of H-pyrrole nitrogens is 1. The molecule has 0 amide bonds. The molecule has 3 heterocycles. The molecule has 0 atom stereocenters. The van der Waals surface area contributed by atoms with Crippen molar-refractivity contribution in [3.63, 3.8) is 0 Å². The molecule has 0 saturated carbocycles. The van der Waals surface area contributed by atoms with Crippen LogP contribution in [0, 0.1) is 0 Å². The third-order valence-electron chi connectivity index (χ3n) is 4.20. The van der Waals surface area contributed by atoms with Crippen molar-refractivity contribution in [3.05, 3.63) is 34.9 Å². The number of carbonyl (C=O) groups excluding carboxylic acids is 1. The van der Waals surface area contributed by atoms with E-state index in [1.807, 2.05) is 4.68 Å². The Morgan fingerprint density at radius 3 is 2.96 bits per heavy atom. The fourth-order valence-electron chi connectivity index (χ4n) is 3.01. The molecule has 24 heavy (non-hydrogen) atoms. The highest BCUT2D eigenvalue weighted by molar-refractivity contribution is 5.86. The first kappa shape index (κ1) is 16.4. The number of aromatic nitrogens is 4. The van der Waals surface area contributed by atoms with Crippen molar-refractivity contribution in [1.29, 1.82) is 0 Å².